The van der Waals surface area contributed by atoms with Crippen molar-refractivity contribution >= 4 is 11.0 Å². The lowest BCUT2D eigenvalue weighted by Gasteiger charge is -2.15. The minimum atomic E-state index is 0.0663. The number of rotatable bonds is 16. The molecule has 6 heteroatoms. The first-order valence-electron chi connectivity index (χ1n) is 14.9. The van der Waals surface area contributed by atoms with Gasteiger partial charge in [-0.2, -0.15) is 0 Å². The molecule has 1 aromatic heterocycles. The van der Waals surface area contributed by atoms with Crippen molar-refractivity contribution in [1.82, 2.24) is 9.55 Å². The molecule has 0 saturated heterocycles. The summed E-state index contributed by atoms with van der Waals surface area (Å²) in [5, 5.41) is 0. The number of hydrogen-bond acceptors (Lipinski definition) is 5. The molecule has 0 saturated carbocycles. The van der Waals surface area contributed by atoms with Crippen LogP contribution in [0.3, 0.4) is 0 Å². The van der Waals surface area contributed by atoms with Gasteiger partial charge in [0.05, 0.1) is 24.8 Å². The second-order valence-corrected chi connectivity index (χ2v) is 10.4. The maximum absolute atomic E-state index is 6.25. The van der Waals surface area contributed by atoms with Crippen LogP contribution in [0.15, 0.2) is 60.7 Å². The number of hydrogen-bond donors (Lipinski definition) is 0. The van der Waals surface area contributed by atoms with Gasteiger partial charge in [0.15, 0.2) is 17.2 Å². The third kappa shape index (κ3) is 7.50. The third-order valence-corrected chi connectivity index (χ3v) is 6.60. The summed E-state index contributed by atoms with van der Waals surface area (Å²) in [6.07, 6.45) is 6.41. The highest BCUT2D eigenvalue weighted by molar-refractivity contribution is 5.87. The van der Waals surface area contributed by atoms with Gasteiger partial charge in [-0.15, -0.1) is 0 Å². The van der Waals surface area contributed by atoms with Gasteiger partial charge in [-0.1, -0.05) is 52.2 Å². The van der Waals surface area contributed by atoms with Crippen molar-refractivity contribution in [3.63, 3.8) is 0 Å². The Morgan fingerprint density at radius 1 is 0.725 bits per heavy atom. The van der Waals surface area contributed by atoms with E-state index in [4.69, 9.17) is 23.9 Å². The van der Waals surface area contributed by atoms with E-state index >= 15 is 0 Å². The summed E-state index contributed by atoms with van der Waals surface area (Å²) in [5.74, 6) is 4.72. The van der Waals surface area contributed by atoms with Crippen LogP contribution in [0, 0.1) is 0 Å². The number of benzene rings is 3. The van der Waals surface area contributed by atoms with E-state index in [1.165, 1.54) is 0 Å². The highest BCUT2D eigenvalue weighted by Crippen LogP contribution is 2.37. The summed E-state index contributed by atoms with van der Waals surface area (Å²) in [6, 6.07) is 20.0. The van der Waals surface area contributed by atoms with Crippen LogP contribution in [0.2, 0.25) is 0 Å². The molecule has 0 radical (unpaired) electrons. The number of aryl methyl sites for hydroxylation is 1. The Morgan fingerprint density at radius 2 is 1.40 bits per heavy atom. The predicted molar refractivity (Wildman–Crippen MR) is 163 cm³/mol. The largest absolute Gasteiger partial charge is 0.493 e. The third-order valence-electron chi connectivity index (χ3n) is 6.60. The summed E-state index contributed by atoms with van der Waals surface area (Å²) in [5.41, 5.74) is 2.95. The van der Waals surface area contributed by atoms with Gasteiger partial charge in [-0.05, 0) is 69.5 Å². The van der Waals surface area contributed by atoms with Crippen LogP contribution in [0.5, 0.6) is 28.7 Å². The van der Waals surface area contributed by atoms with Crippen molar-refractivity contribution in [2.24, 2.45) is 0 Å². The van der Waals surface area contributed by atoms with E-state index in [1.54, 1.807) is 0 Å². The fourth-order valence-electron chi connectivity index (χ4n) is 4.47. The molecular formula is C34H44N2O4. The Labute approximate surface area is 239 Å². The van der Waals surface area contributed by atoms with Gasteiger partial charge in [0, 0.05) is 24.2 Å². The first kappa shape index (κ1) is 29.3. The molecule has 0 bridgehead atoms. The van der Waals surface area contributed by atoms with Crippen molar-refractivity contribution in [2.75, 3.05) is 13.2 Å². The number of para-hydroxylation sites is 2. The van der Waals surface area contributed by atoms with Crippen molar-refractivity contribution in [2.45, 2.75) is 85.8 Å². The molecule has 0 unspecified atom stereocenters. The fraction of sp³-hybridized carbons (Fsp3) is 0.441. The topological polar surface area (TPSA) is 54.7 Å². The second kappa shape index (κ2) is 14.6. The molecule has 0 fully saturated rings. The molecule has 40 heavy (non-hydrogen) atoms. The van der Waals surface area contributed by atoms with Crippen molar-refractivity contribution in [3.8, 4) is 40.1 Å². The fourth-order valence-corrected chi connectivity index (χ4v) is 4.47. The monoisotopic (exact) mass is 544 g/mol. The Morgan fingerprint density at radius 3 is 2.08 bits per heavy atom. The lowest BCUT2D eigenvalue weighted by Crippen LogP contribution is -2.06. The normalized spacial score (nSPS) is 11.2. The summed E-state index contributed by atoms with van der Waals surface area (Å²) in [6.45, 7) is 12.8. The number of aromatic nitrogens is 2. The number of imidazole rings is 1. The number of fused-ring (bicyclic) bond motifs is 1. The average Bonchev–Trinajstić information content (AvgIpc) is 3.32. The first-order chi connectivity index (χ1) is 19.5. The zero-order chi connectivity index (χ0) is 28.3. The molecule has 4 aromatic rings. The highest BCUT2D eigenvalue weighted by atomic mass is 16.5. The Kier molecular flexibility index (Phi) is 10.7. The van der Waals surface area contributed by atoms with E-state index in [0.717, 1.165) is 90.5 Å². The van der Waals surface area contributed by atoms with E-state index in [-0.39, 0.29) is 6.10 Å². The smallest absolute Gasteiger partial charge is 0.169 e. The Balaban J connectivity index is 1.69. The van der Waals surface area contributed by atoms with Crippen molar-refractivity contribution in [3.05, 3.63) is 60.7 Å². The summed E-state index contributed by atoms with van der Waals surface area (Å²) < 4.78 is 26.8. The molecular weight excluding hydrogens is 500 g/mol. The van der Waals surface area contributed by atoms with Gasteiger partial charge >= 0.3 is 0 Å². The molecule has 214 valence electrons. The van der Waals surface area contributed by atoms with Crippen LogP contribution in [-0.4, -0.2) is 28.9 Å². The van der Waals surface area contributed by atoms with E-state index in [9.17, 15) is 0 Å². The van der Waals surface area contributed by atoms with E-state index < -0.39 is 0 Å². The number of nitrogens with zero attached hydrogens (tertiary/aromatic N) is 2. The molecule has 0 aliphatic heterocycles. The van der Waals surface area contributed by atoms with Crippen LogP contribution in [0.1, 0.15) is 73.1 Å². The molecule has 3 aromatic carbocycles. The summed E-state index contributed by atoms with van der Waals surface area (Å²) in [4.78, 5) is 5.13. The van der Waals surface area contributed by atoms with Gasteiger partial charge < -0.3 is 23.5 Å². The van der Waals surface area contributed by atoms with Gasteiger partial charge in [0.1, 0.15) is 22.8 Å². The van der Waals surface area contributed by atoms with Gasteiger partial charge in [0.2, 0.25) is 0 Å². The van der Waals surface area contributed by atoms with Crippen LogP contribution in [0.25, 0.3) is 22.4 Å². The van der Waals surface area contributed by atoms with E-state index in [1.807, 2.05) is 56.3 Å². The zero-order valence-corrected chi connectivity index (χ0v) is 24.7. The van der Waals surface area contributed by atoms with Gasteiger partial charge in [-0.25, -0.2) is 4.98 Å². The van der Waals surface area contributed by atoms with Crippen LogP contribution in [0.4, 0.5) is 0 Å². The molecule has 0 atom stereocenters. The average molecular weight is 545 g/mol. The summed E-state index contributed by atoms with van der Waals surface area (Å²) >= 11 is 0. The minimum absolute atomic E-state index is 0.0663. The van der Waals surface area contributed by atoms with Gasteiger partial charge in [-0.3, -0.25) is 0 Å². The Hall–Kier alpha value is -3.67. The van der Waals surface area contributed by atoms with Crippen molar-refractivity contribution < 1.29 is 18.9 Å². The molecule has 1 heterocycles. The van der Waals surface area contributed by atoms with Gasteiger partial charge in [0.25, 0.3) is 0 Å². The Bertz CT molecular complexity index is 1340. The molecule has 4 rings (SSSR count). The SMILES string of the molecule is CCCCOc1cc(OCCCC)c2nc(-c3ccc(Oc4ccccc4OC(C)C)cc3)n(CCCC)c2c1. The lowest BCUT2D eigenvalue weighted by atomic mass is 10.2. The van der Waals surface area contributed by atoms with Crippen LogP contribution >= 0.6 is 0 Å². The molecule has 0 aliphatic carbocycles. The molecule has 0 N–H and O–H groups in total. The predicted octanol–water partition coefficient (Wildman–Crippen LogP) is 9.44. The highest BCUT2D eigenvalue weighted by Gasteiger charge is 2.18. The molecule has 0 aliphatic rings. The number of ether oxygens (including phenoxy) is 4. The number of unbranched alkanes of at least 4 members (excludes halogenated alkanes) is 3. The zero-order valence-electron chi connectivity index (χ0n) is 24.7. The van der Waals surface area contributed by atoms with E-state index in [0.29, 0.717) is 19.0 Å². The quantitative estimate of drug-likeness (QED) is 0.132. The maximum Gasteiger partial charge on any atom is 0.169 e. The molecule has 6 nitrogen and oxygen atoms in total. The maximum atomic E-state index is 6.25. The molecule has 0 spiro atoms. The first-order valence-corrected chi connectivity index (χ1v) is 14.9. The van der Waals surface area contributed by atoms with Crippen LogP contribution < -0.4 is 18.9 Å². The minimum Gasteiger partial charge on any atom is -0.493 e. The standard InChI is InChI=1S/C34H44N2O4/c1-6-9-20-36-29-23-28(37-21-10-7-2)24-32(38-22-11-8-3)33(29)35-34(36)26-16-18-27(19-17-26)40-31-15-13-12-14-30(31)39-25(4)5/h12-19,23-25H,6-11,20-22H2,1-5H3. The van der Waals surface area contributed by atoms with Crippen molar-refractivity contribution in [1.29, 1.82) is 0 Å². The lowest BCUT2D eigenvalue weighted by molar-refractivity contribution is 0.233. The van der Waals surface area contributed by atoms with E-state index in [2.05, 4.69) is 43.5 Å². The molecule has 0 amide bonds. The summed E-state index contributed by atoms with van der Waals surface area (Å²) in [7, 11) is 0. The second-order valence-electron chi connectivity index (χ2n) is 10.4. The van der Waals surface area contributed by atoms with Crippen LogP contribution in [-0.2, 0) is 6.54 Å².